The molecule has 220 valence electrons. The number of nitrogens with zero attached hydrogens (tertiary/aromatic N) is 3. The number of anilines is 1. The van der Waals surface area contributed by atoms with Gasteiger partial charge in [0.2, 0.25) is 5.91 Å². The molecule has 0 saturated heterocycles. The predicted molar refractivity (Wildman–Crippen MR) is 174 cm³/mol. The van der Waals surface area contributed by atoms with Gasteiger partial charge in [0.1, 0.15) is 5.01 Å². The second-order valence-corrected chi connectivity index (χ2v) is 12.8. The number of carbonyl (C=O) groups excluding carboxylic acids is 1. The van der Waals surface area contributed by atoms with Gasteiger partial charge in [-0.1, -0.05) is 35.9 Å². The summed E-state index contributed by atoms with van der Waals surface area (Å²) in [7, 11) is 1.74. The first kappa shape index (κ1) is 30.4. The molecule has 0 aliphatic rings. The third-order valence-corrected chi connectivity index (χ3v) is 8.44. The van der Waals surface area contributed by atoms with Crippen molar-refractivity contribution in [2.45, 2.75) is 46.3 Å². The summed E-state index contributed by atoms with van der Waals surface area (Å²) in [5.41, 5.74) is 6.42. The summed E-state index contributed by atoms with van der Waals surface area (Å²) in [5, 5.41) is 11.7. The molecular weight excluding hydrogens is 582 g/mol. The molecule has 1 amide bonds. The van der Waals surface area contributed by atoms with Crippen LogP contribution in [-0.2, 0) is 14.3 Å². The van der Waals surface area contributed by atoms with Gasteiger partial charge >= 0.3 is 5.97 Å². The second kappa shape index (κ2) is 11.9. The van der Waals surface area contributed by atoms with Gasteiger partial charge in [-0.15, -0.1) is 11.3 Å². The Balaban J connectivity index is 1.65. The first-order valence-electron chi connectivity index (χ1n) is 13.7. The summed E-state index contributed by atoms with van der Waals surface area (Å²) in [6.45, 7) is 8.96. The molecule has 5 aromatic rings. The number of thiazole rings is 1. The van der Waals surface area contributed by atoms with Crippen molar-refractivity contribution in [2.75, 3.05) is 11.9 Å². The minimum atomic E-state index is -1.18. The summed E-state index contributed by atoms with van der Waals surface area (Å²) in [6.07, 6.45) is 0.569. The Morgan fingerprint density at radius 2 is 1.63 bits per heavy atom. The minimum Gasteiger partial charge on any atom is -0.479 e. The number of amides is 1. The van der Waals surface area contributed by atoms with Crippen LogP contribution in [0.25, 0.3) is 43.2 Å². The molecule has 43 heavy (non-hydrogen) atoms. The average Bonchev–Trinajstić information content (AvgIpc) is 3.39. The number of ether oxygens (including phenoxy) is 1. The van der Waals surface area contributed by atoms with Gasteiger partial charge in [-0.3, -0.25) is 9.78 Å². The van der Waals surface area contributed by atoms with E-state index in [4.69, 9.17) is 21.3 Å². The van der Waals surface area contributed by atoms with Crippen LogP contribution in [0.3, 0.4) is 0 Å². The Bertz CT molecular complexity index is 1830. The van der Waals surface area contributed by atoms with Crippen molar-refractivity contribution >= 4 is 50.7 Å². The predicted octanol–water partition coefficient (Wildman–Crippen LogP) is 8.58. The number of pyridine rings is 1. The van der Waals surface area contributed by atoms with Crippen LogP contribution >= 0.6 is 22.9 Å². The van der Waals surface area contributed by atoms with E-state index in [2.05, 4.69) is 4.98 Å². The Kier molecular flexibility index (Phi) is 8.38. The van der Waals surface area contributed by atoms with Crippen molar-refractivity contribution in [3.63, 3.8) is 0 Å². The number of carboxylic acids is 1. The molecule has 9 heteroatoms. The fraction of sp³-hybridized carbons (Fsp3) is 0.235. The fourth-order valence-electron chi connectivity index (χ4n) is 4.92. The maximum atomic E-state index is 12.6. The van der Waals surface area contributed by atoms with E-state index in [0.29, 0.717) is 10.6 Å². The molecule has 1 unspecified atom stereocenters. The van der Waals surface area contributed by atoms with Crippen LogP contribution in [-0.4, -0.2) is 39.6 Å². The molecule has 5 rings (SSSR count). The summed E-state index contributed by atoms with van der Waals surface area (Å²) in [5.74, 6) is -1.10. The third kappa shape index (κ3) is 6.46. The van der Waals surface area contributed by atoms with Crippen LogP contribution < -0.4 is 4.90 Å². The first-order chi connectivity index (χ1) is 20.3. The molecule has 0 bridgehead atoms. The van der Waals surface area contributed by atoms with Crippen LogP contribution in [0.2, 0.25) is 5.02 Å². The SMILES string of the molecule is CC(=O)N(C)c1ccc(-c2cc(-c3nc4cc(C)c(C(OC(C)(C)C)C(=O)O)c(-c5ccc(Cl)cc5)c4s3)ccn2)cc1. The van der Waals surface area contributed by atoms with Gasteiger partial charge in [-0.05, 0) is 81.3 Å². The monoisotopic (exact) mass is 613 g/mol. The Morgan fingerprint density at radius 1 is 0.977 bits per heavy atom. The van der Waals surface area contributed by atoms with Gasteiger partial charge in [0, 0.05) is 53.1 Å². The van der Waals surface area contributed by atoms with Gasteiger partial charge in [0.15, 0.2) is 6.10 Å². The van der Waals surface area contributed by atoms with Crippen molar-refractivity contribution in [3.8, 4) is 33.0 Å². The van der Waals surface area contributed by atoms with Crippen molar-refractivity contribution in [2.24, 2.45) is 0 Å². The maximum absolute atomic E-state index is 12.6. The Morgan fingerprint density at radius 3 is 2.23 bits per heavy atom. The molecule has 2 aromatic heterocycles. The molecule has 0 saturated carbocycles. The number of aromatic nitrogens is 2. The second-order valence-electron chi connectivity index (χ2n) is 11.4. The quantitative estimate of drug-likeness (QED) is 0.198. The molecule has 2 heterocycles. The van der Waals surface area contributed by atoms with E-state index in [0.717, 1.165) is 54.4 Å². The highest BCUT2D eigenvalue weighted by molar-refractivity contribution is 7.22. The molecule has 0 spiro atoms. The van der Waals surface area contributed by atoms with E-state index in [1.165, 1.54) is 18.3 Å². The molecule has 0 fully saturated rings. The van der Waals surface area contributed by atoms with Crippen LogP contribution in [0.15, 0.2) is 72.9 Å². The normalized spacial score (nSPS) is 12.3. The molecule has 0 radical (unpaired) electrons. The molecule has 3 aromatic carbocycles. The van der Waals surface area contributed by atoms with Crippen LogP contribution in [0, 0.1) is 6.92 Å². The number of halogens is 1. The van der Waals surface area contributed by atoms with Crippen molar-refractivity contribution in [1.82, 2.24) is 9.97 Å². The highest BCUT2D eigenvalue weighted by Crippen LogP contribution is 2.44. The zero-order valence-electron chi connectivity index (χ0n) is 24.8. The Hall–Kier alpha value is -4.11. The molecule has 1 N–H and O–H groups in total. The molecular formula is C34H32ClN3O4S. The summed E-state index contributed by atoms with van der Waals surface area (Å²) in [6, 6.07) is 20.9. The molecule has 0 aliphatic heterocycles. The lowest BCUT2D eigenvalue weighted by Gasteiger charge is -2.28. The average molecular weight is 614 g/mol. The number of aliphatic carboxylic acids is 1. The van der Waals surface area contributed by atoms with Crippen molar-refractivity contribution in [1.29, 1.82) is 0 Å². The van der Waals surface area contributed by atoms with Gasteiger partial charge in [0.25, 0.3) is 0 Å². The van der Waals surface area contributed by atoms with E-state index in [1.54, 1.807) is 30.3 Å². The number of hydrogen-bond donors (Lipinski definition) is 1. The lowest BCUT2D eigenvalue weighted by molar-refractivity contribution is -0.160. The molecule has 0 aliphatic carbocycles. The summed E-state index contributed by atoms with van der Waals surface area (Å²) >= 11 is 7.72. The number of aryl methyl sites for hydroxylation is 1. The molecule has 7 nitrogen and oxygen atoms in total. The van der Waals surface area contributed by atoms with Gasteiger partial charge < -0.3 is 14.7 Å². The van der Waals surface area contributed by atoms with Gasteiger partial charge in [0.05, 0.1) is 21.5 Å². The number of carboxylic acid groups (broad SMARTS) is 1. The Labute approximate surface area is 259 Å². The first-order valence-corrected chi connectivity index (χ1v) is 14.9. The lowest BCUT2D eigenvalue weighted by Crippen LogP contribution is -2.28. The number of carbonyl (C=O) groups is 2. The van der Waals surface area contributed by atoms with Crippen molar-refractivity contribution in [3.05, 3.63) is 89.1 Å². The summed E-state index contributed by atoms with van der Waals surface area (Å²) in [4.78, 5) is 35.5. The van der Waals surface area contributed by atoms with E-state index in [9.17, 15) is 14.7 Å². The topological polar surface area (TPSA) is 92.6 Å². The fourth-order valence-corrected chi connectivity index (χ4v) is 6.17. The smallest absolute Gasteiger partial charge is 0.337 e. The number of benzene rings is 3. The number of fused-ring (bicyclic) bond motifs is 1. The van der Waals surface area contributed by atoms with Crippen molar-refractivity contribution < 1.29 is 19.4 Å². The lowest BCUT2D eigenvalue weighted by atomic mass is 9.91. The minimum absolute atomic E-state index is 0.0419. The zero-order valence-corrected chi connectivity index (χ0v) is 26.4. The number of hydrogen-bond acceptors (Lipinski definition) is 6. The van der Waals surface area contributed by atoms with Gasteiger partial charge in [-0.2, -0.15) is 0 Å². The maximum Gasteiger partial charge on any atom is 0.337 e. The van der Waals surface area contributed by atoms with Crippen LogP contribution in [0.1, 0.15) is 44.9 Å². The largest absolute Gasteiger partial charge is 0.479 e. The zero-order chi connectivity index (χ0) is 31.1. The summed E-state index contributed by atoms with van der Waals surface area (Å²) < 4.78 is 6.98. The van der Waals surface area contributed by atoms with E-state index in [-0.39, 0.29) is 5.91 Å². The number of rotatable bonds is 7. The van der Waals surface area contributed by atoms with Gasteiger partial charge in [-0.25, -0.2) is 9.78 Å². The third-order valence-electron chi connectivity index (χ3n) is 7.05. The highest BCUT2D eigenvalue weighted by atomic mass is 35.5. The standard InChI is InChI=1S/C34H32ClN3O4S/c1-19-17-27-31(29(22-7-11-24(35)12-8-22)28(19)30(33(40)41)42-34(3,4)5)43-32(37-27)23-15-16-36-26(18-23)21-9-13-25(14-10-21)38(6)20(2)39/h7-18,30H,1-6H3,(H,40,41). The highest BCUT2D eigenvalue weighted by Gasteiger charge is 2.32. The van der Waals surface area contributed by atoms with E-state index >= 15 is 0 Å². The molecule has 1 atom stereocenters. The van der Waals surface area contributed by atoms with E-state index < -0.39 is 17.7 Å². The van der Waals surface area contributed by atoms with Crippen LogP contribution in [0.4, 0.5) is 5.69 Å². The van der Waals surface area contributed by atoms with E-state index in [1.807, 2.05) is 82.3 Å². The van der Waals surface area contributed by atoms with Crippen LogP contribution in [0.5, 0.6) is 0 Å².